The topological polar surface area (TPSA) is 56.7 Å². The van der Waals surface area contributed by atoms with Crippen molar-refractivity contribution in [3.05, 3.63) is 26.6 Å². The molecule has 104 valence electrons. The summed E-state index contributed by atoms with van der Waals surface area (Å²) in [6.45, 7) is 6.01. The molecule has 0 bridgehead atoms. The Labute approximate surface area is 134 Å². The van der Waals surface area contributed by atoms with Gasteiger partial charge in [-0.2, -0.15) is 5.10 Å². The lowest BCUT2D eigenvalue weighted by Gasteiger charge is -2.21. The van der Waals surface area contributed by atoms with E-state index in [2.05, 4.69) is 47.7 Å². The maximum Gasteiger partial charge on any atom is 0.187 e. The van der Waals surface area contributed by atoms with Crippen molar-refractivity contribution in [1.82, 2.24) is 10.7 Å². The molecule has 19 heavy (non-hydrogen) atoms. The number of benzene rings is 1. The normalized spacial score (nSPS) is 11.6. The third-order valence-electron chi connectivity index (χ3n) is 1.92. The van der Waals surface area contributed by atoms with Gasteiger partial charge in [0, 0.05) is 15.6 Å². The number of halogens is 2. The molecule has 0 aliphatic heterocycles. The van der Waals surface area contributed by atoms with Gasteiger partial charge in [0.1, 0.15) is 5.75 Å². The lowest BCUT2D eigenvalue weighted by atomic mass is 10.1. The van der Waals surface area contributed by atoms with Crippen LogP contribution < -0.4 is 10.7 Å². The van der Waals surface area contributed by atoms with Crippen molar-refractivity contribution >= 4 is 55.4 Å². The van der Waals surface area contributed by atoms with Crippen LogP contribution in [0.2, 0.25) is 0 Å². The summed E-state index contributed by atoms with van der Waals surface area (Å²) in [7, 11) is 0. The molecule has 1 aromatic carbocycles. The smallest absolute Gasteiger partial charge is 0.187 e. The van der Waals surface area contributed by atoms with Crippen LogP contribution in [0.5, 0.6) is 5.75 Å². The number of rotatable bonds is 2. The van der Waals surface area contributed by atoms with Gasteiger partial charge < -0.3 is 10.4 Å². The van der Waals surface area contributed by atoms with Gasteiger partial charge in [0.15, 0.2) is 5.11 Å². The van der Waals surface area contributed by atoms with Crippen molar-refractivity contribution in [3.63, 3.8) is 0 Å². The number of thiocarbonyl (C=S) groups is 1. The fourth-order valence-electron chi connectivity index (χ4n) is 1.21. The summed E-state index contributed by atoms with van der Waals surface area (Å²) in [6.07, 6.45) is 1.50. The summed E-state index contributed by atoms with van der Waals surface area (Å²) in [5.41, 5.74) is 3.15. The second-order valence-corrected chi connectivity index (χ2v) is 7.08. The summed E-state index contributed by atoms with van der Waals surface area (Å²) >= 11 is 11.7. The molecule has 0 amide bonds. The molecule has 0 spiro atoms. The van der Waals surface area contributed by atoms with Crippen LogP contribution in [-0.4, -0.2) is 22.0 Å². The van der Waals surface area contributed by atoms with Gasteiger partial charge in [0.25, 0.3) is 0 Å². The summed E-state index contributed by atoms with van der Waals surface area (Å²) in [4.78, 5) is 0. The summed E-state index contributed by atoms with van der Waals surface area (Å²) < 4.78 is 1.44. The molecule has 0 unspecified atom stereocenters. The van der Waals surface area contributed by atoms with E-state index in [-0.39, 0.29) is 11.3 Å². The fraction of sp³-hybridized carbons (Fsp3) is 0.333. The van der Waals surface area contributed by atoms with Gasteiger partial charge in [-0.3, -0.25) is 5.43 Å². The Morgan fingerprint density at radius 2 is 2.00 bits per heavy atom. The standard InChI is InChI=1S/C12H15Br2N3OS/c1-12(2,3)16-11(19)17-15-6-7-4-8(13)5-9(14)10(7)18/h4-6,18H,1-3H3,(H2,16,17,19)/b15-6-. The quantitative estimate of drug-likeness (QED) is 0.398. The Kier molecular flexibility index (Phi) is 5.76. The second kappa shape index (κ2) is 6.67. The van der Waals surface area contributed by atoms with Gasteiger partial charge >= 0.3 is 0 Å². The number of hydrazone groups is 1. The number of nitrogens with zero attached hydrogens (tertiary/aromatic N) is 1. The Hall–Kier alpha value is -0.660. The van der Waals surface area contributed by atoms with E-state index in [4.69, 9.17) is 12.2 Å². The van der Waals surface area contributed by atoms with Crippen molar-refractivity contribution in [1.29, 1.82) is 0 Å². The molecule has 0 fully saturated rings. The molecule has 4 nitrogen and oxygen atoms in total. The summed E-state index contributed by atoms with van der Waals surface area (Å²) in [5, 5.41) is 17.3. The molecular formula is C12H15Br2N3OS. The predicted octanol–water partition coefficient (Wildman–Crippen LogP) is 3.51. The molecule has 0 aliphatic rings. The van der Waals surface area contributed by atoms with Gasteiger partial charge in [-0.25, -0.2) is 0 Å². The highest BCUT2D eigenvalue weighted by molar-refractivity contribution is 9.11. The van der Waals surface area contributed by atoms with Crippen LogP contribution in [-0.2, 0) is 0 Å². The highest BCUT2D eigenvalue weighted by Crippen LogP contribution is 2.30. The minimum absolute atomic E-state index is 0.124. The minimum atomic E-state index is -0.124. The van der Waals surface area contributed by atoms with Gasteiger partial charge in [0.2, 0.25) is 0 Å². The first-order valence-corrected chi connectivity index (χ1v) is 7.48. The van der Waals surface area contributed by atoms with Crippen LogP contribution in [0, 0.1) is 0 Å². The SMILES string of the molecule is CC(C)(C)NC(=S)N/N=C\c1cc(Br)cc(Br)c1O. The van der Waals surface area contributed by atoms with Crippen LogP contribution in [0.1, 0.15) is 26.3 Å². The van der Waals surface area contributed by atoms with Crippen molar-refractivity contribution in [2.45, 2.75) is 26.3 Å². The largest absolute Gasteiger partial charge is 0.506 e. The molecule has 0 aromatic heterocycles. The molecule has 0 heterocycles. The Bertz CT molecular complexity index is 512. The van der Waals surface area contributed by atoms with Gasteiger partial charge in [-0.1, -0.05) is 15.9 Å². The van der Waals surface area contributed by atoms with E-state index in [1.54, 1.807) is 12.1 Å². The number of hydrogen-bond acceptors (Lipinski definition) is 3. The molecular weight excluding hydrogens is 394 g/mol. The van der Waals surface area contributed by atoms with Gasteiger partial charge in [0.05, 0.1) is 10.7 Å². The molecule has 3 N–H and O–H groups in total. The number of phenolic OH excluding ortho intramolecular Hbond substituents is 1. The van der Waals surface area contributed by atoms with E-state index < -0.39 is 0 Å². The highest BCUT2D eigenvalue weighted by Gasteiger charge is 2.10. The monoisotopic (exact) mass is 407 g/mol. The Morgan fingerprint density at radius 3 is 2.58 bits per heavy atom. The van der Waals surface area contributed by atoms with Gasteiger partial charge in [-0.05, 0) is 61.1 Å². The average Bonchev–Trinajstić information content (AvgIpc) is 2.22. The van der Waals surface area contributed by atoms with Gasteiger partial charge in [-0.15, -0.1) is 0 Å². The van der Waals surface area contributed by atoms with E-state index >= 15 is 0 Å². The van der Waals surface area contributed by atoms with E-state index in [0.29, 0.717) is 15.1 Å². The van der Waals surface area contributed by atoms with Crippen LogP contribution in [0.3, 0.4) is 0 Å². The first kappa shape index (κ1) is 16.4. The van der Waals surface area contributed by atoms with E-state index in [1.165, 1.54) is 6.21 Å². The van der Waals surface area contributed by atoms with Crippen LogP contribution >= 0.6 is 44.1 Å². The second-order valence-electron chi connectivity index (χ2n) is 4.90. The average molecular weight is 409 g/mol. The van der Waals surface area contributed by atoms with Crippen LogP contribution in [0.4, 0.5) is 0 Å². The van der Waals surface area contributed by atoms with Crippen LogP contribution in [0.25, 0.3) is 0 Å². The van der Waals surface area contributed by atoms with Crippen molar-refractivity contribution in [2.75, 3.05) is 0 Å². The molecule has 0 aliphatic carbocycles. The number of aromatic hydroxyl groups is 1. The third-order valence-corrected chi connectivity index (χ3v) is 3.17. The minimum Gasteiger partial charge on any atom is -0.506 e. The lowest BCUT2D eigenvalue weighted by Crippen LogP contribution is -2.44. The first-order chi connectivity index (χ1) is 8.69. The number of phenols is 1. The zero-order valence-electron chi connectivity index (χ0n) is 10.8. The van der Waals surface area contributed by atoms with E-state index in [0.717, 1.165) is 4.47 Å². The Balaban J connectivity index is 2.71. The lowest BCUT2D eigenvalue weighted by molar-refractivity contribution is 0.471. The number of nitrogens with one attached hydrogen (secondary N) is 2. The molecule has 1 aromatic rings. The fourth-order valence-corrected chi connectivity index (χ4v) is 2.83. The molecule has 0 saturated carbocycles. The predicted molar refractivity (Wildman–Crippen MR) is 89.7 cm³/mol. The molecule has 7 heteroatoms. The third kappa shape index (κ3) is 5.88. The van der Waals surface area contributed by atoms with E-state index in [1.807, 2.05) is 20.8 Å². The maximum atomic E-state index is 9.84. The first-order valence-electron chi connectivity index (χ1n) is 5.48. The molecule has 1 rings (SSSR count). The van der Waals surface area contributed by atoms with Crippen molar-refractivity contribution < 1.29 is 5.11 Å². The molecule has 0 radical (unpaired) electrons. The van der Waals surface area contributed by atoms with E-state index in [9.17, 15) is 5.11 Å². The zero-order chi connectivity index (χ0) is 14.6. The number of hydrogen-bond donors (Lipinski definition) is 3. The van der Waals surface area contributed by atoms with Crippen molar-refractivity contribution in [2.24, 2.45) is 5.10 Å². The van der Waals surface area contributed by atoms with Crippen LogP contribution in [0.15, 0.2) is 26.2 Å². The molecule has 0 saturated heterocycles. The van der Waals surface area contributed by atoms with Crippen molar-refractivity contribution in [3.8, 4) is 5.75 Å². The maximum absolute atomic E-state index is 9.84. The zero-order valence-corrected chi connectivity index (χ0v) is 14.8. The summed E-state index contributed by atoms with van der Waals surface area (Å²) in [6, 6.07) is 3.51. The molecule has 0 atom stereocenters. The Morgan fingerprint density at radius 1 is 1.37 bits per heavy atom. The highest BCUT2D eigenvalue weighted by atomic mass is 79.9. The summed E-state index contributed by atoms with van der Waals surface area (Å²) in [5.74, 6) is 0.128.